The molecule has 1 aliphatic rings. The first kappa shape index (κ1) is 28.0. The first-order valence-corrected chi connectivity index (χ1v) is 15.0. The van der Waals surface area contributed by atoms with Gasteiger partial charge in [-0.2, -0.15) is 21.7 Å². The second-order valence-corrected chi connectivity index (χ2v) is 13.6. The molecule has 37 heavy (non-hydrogen) atoms. The molecule has 1 aliphatic heterocycles. The summed E-state index contributed by atoms with van der Waals surface area (Å²) >= 11 is 14.9. The lowest BCUT2D eigenvalue weighted by atomic mass is 9.90. The van der Waals surface area contributed by atoms with Crippen molar-refractivity contribution in [3.05, 3.63) is 62.0 Å². The van der Waals surface area contributed by atoms with Gasteiger partial charge in [-0.05, 0) is 37.1 Å². The highest BCUT2D eigenvalue weighted by Crippen LogP contribution is 2.36. The summed E-state index contributed by atoms with van der Waals surface area (Å²) in [6.45, 7) is 0.0496. The van der Waals surface area contributed by atoms with Crippen molar-refractivity contribution in [3.8, 4) is 0 Å². The highest BCUT2D eigenvalue weighted by Gasteiger charge is 2.46. The van der Waals surface area contributed by atoms with Crippen LogP contribution in [0.1, 0.15) is 39.8 Å². The Kier molecular flexibility index (Phi) is 8.63. The van der Waals surface area contributed by atoms with Gasteiger partial charge in [-0.3, -0.25) is 9.59 Å². The summed E-state index contributed by atoms with van der Waals surface area (Å²) in [6.07, 6.45) is 0.746. The van der Waals surface area contributed by atoms with Gasteiger partial charge in [0.25, 0.3) is 16.1 Å². The maximum atomic E-state index is 13.4. The fourth-order valence-electron chi connectivity index (χ4n) is 4.01. The third kappa shape index (κ3) is 5.87. The van der Waals surface area contributed by atoms with Crippen molar-refractivity contribution in [1.29, 1.82) is 0 Å². The Hall–Kier alpha value is -2.00. The molecule has 2 aromatic heterocycles. The molecular weight excluding hydrogens is 581 g/mol. The molecular formula is C22H23Cl2N5O5S3. The number of carbonyl (C=O) groups excluding carboxylic acids is 1. The van der Waals surface area contributed by atoms with Gasteiger partial charge in [0.05, 0.1) is 14.9 Å². The van der Waals surface area contributed by atoms with Crippen LogP contribution in [0.25, 0.3) is 0 Å². The number of halogens is 2. The molecule has 0 radical (unpaired) electrons. The van der Waals surface area contributed by atoms with Gasteiger partial charge in [-0.1, -0.05) is 47.1 Å². The average molecular weight is 605 g/mol. The fourth-order valence-corrected chi connectivity index (χ4v) is 7.60. The topological polar surface area (TPSA) is 126 Å². The number of rotatable bonds is 8. The van der Waals surface area contributed by atoms with Crippen molar-refractivity contribution >= 4 is 68.4 Å². The minimum atomic E-state index is -4.02. The summed E-state index contributed by atoms with van der Waals surface area (Å²) < 4.78 is 29.5. The lowest BCUT2D eigenvalue weighted by Crippen LogP contribution is -2.54. The van der Waals surface area contributed by atoms with Crippen LogP contribution in [0.15, 0.2) is 41.6 Å². The molecule has 3 heterocycles. The summed E-state index contributed by atoms with van der Waals surface area (Å²) in [5, 5.41) is 14.9. The molecule has 1 saturated heterocycles. The van der Waals surface area contributed by atoms with Gasteiger partial charge in [-0.25, -0.2) is 4.98 Å². The molecule has 0 bridgehead atoms. The number of aliphatic carboxylic acids is 1. The number of hydrogen-bond donors (Lipinski definition) is 1. The van der Waals surface area contributed by atoms with E-state index in [1.807, 2.05) is 6.07 Å². The predicted octanol–water partition coefficient (Wildman–Crippen LogP) is 4.07. The third-order valence-corrected chi connectivity index (χ3v) is 10.4. The number of carboxylic acid groups (broad SMARTS) is 1. The van der Waals surface area contributed by atoms with Gasteiger partial charge >= 0.3 is 5.97 Å². The van der Waals surface area contributed by atoms with Crippen LogP contribution in [-0.2, 0) is 20.8 Å². The van der Waals surface area contributed by atoms with E-state index in [1.165, 1.54) is 37.2 Å². The number of benzene rings is 1. The Morgan fingerprint density at radius 3 is 2.57 bits per heavy atom. The summed E-state index contributed by atoms with van der Waals surface area (Å²) in [6, 6.07) is 8.71. The van der Waals surface area contributed by atoms with Gasteiger partial charge in [0.15, 0.2) is 11.0 Å². The van der Waals surface area contributed by atoms with E-state index in [-0.39, 0.29) is 28.1 Å². The number of aromatic nitrogens is 3. The van der Waals surface area contributed by atoms with Crippen molar-refractivity contribution in [1.82, 2.24) is 23.4 Å². The van der Waals surface area contributed by atoms with Crippen LogP contribution in [0.3, 0.4) is 0 Å². The Bertz CT molecular complexity index is 1430. The van der Waals surface area contributed by atoms with Crippen LogP contribution in [0.5, 0.6) is 0 Å². The largest absolute Gasteiger partial charge is 0.480 e. The van der Waals surface area contributed by atoms with E-state index in [1.54, 1.807) is 30.3 Å². The molecule has 0 aliphatic carbocycles. The van der Waals surface area contributed by atoms with Gasteiger partial charge in [0.2, 0.25) is 0 Å². The number of hydrogen-bond acceptors (Lipinski definition) is 8. The SMILES string of the molecule is CN(C)S(=O)(=O)N1CCCC(c2nc(SCc3ccc(Cl)s3)n(C(=O)c3ccccc3Cl)n2)C1C(=O)O. The Balaban J connectivity index is 1.75. The van der Waals surface area contributed by atoms with E-state index in [0.29, 0.717) is 22.9 Å². The molecule has 1 fully saturated rings. The zero-order valence-electron chi connectivity index (χ0n) is 19.7. The monoisotopic (exact) mass is 603 g/mol. The van der Waals surface area contributed by atoms with Crippen molar-refractivity contribution in [3.63, 3.8) is 0 Å². The van der Waals surface area contributed by atoms with E-state index in [0.717, 1.165) is 18.2 Å². The number of thiophene rings is 1. The Morgan fingerprint density at radius 1 is 1.22 bits per heavy atom. The molecule has 2 unspecified atom stereocenters. The summed E-state index contributed by atoms with van der Waals surface area (Å²) in [7, 11) is -1.33. The van der Waals surface area contributed by atoms with Crippen molar-refractivity contribution in [2.24, 2.45) is 0 Å². The molecule has 10 nitrogen and oxygen atoms in total. The molecule has 0 saturated carbocycles. The Labute approximate surface area is 232 Å². The van der Waals surface area contributed by atoms with E-state index < -0.39 is 34.0 Å². The quantitative estimate of drug-likeness (QED) is 0.382. The maximum absolute atomic E-state index is 13.4. The minimum absolute atomic E-state index is 0.0496. The lowest BCUT2D eigenvalue weighted by molar-refractivity contribution is -0.143. The maximum Gasteiger partial charge on any atom is 0.322 e. The standard InChI is InChI=1S/C22H23Cl2N5O5S3/c1-27(2)37(33,34)28-11-5-7-15(18(28)21(31)32)19-25-22(35-12-13-9-10-17(24)36-13)29(26-19)20(30)14-6-3-4-8-16(14)23/h3-4,6,8-10,15,18H,5,7,11-12H2,1-2H3,(H,31,32). The fraction of sp³-hybridized carbons (Fsp3) is 0.364. The van der Waals surface area contributed by atoms with E-state index in [4.69, 9.17) is 23.2 Å². The number of carbonyl (C=O) groups is 2. The van der Waals surface area contributed by atoms with E-state index >= 15 is 0 Å². The Morgan fingerprint density at radius 2 is 1.95 bits per heavy atom. The second kappa shape index (κ2) is 11.4. The number of nitrogens with zero attached hydrogens (tertiary/aromatic N) is 5. The van der Waals surface area contributed by atoms with Gasteiger partial charge in [-0.15, -0.1) is 16.4 Å². The zero-order valence-corrected chi connectivity index (χ0v) is 23.7. The average Bonchev–Trinajstić information content (AvgIpc) is 3.48. The van der Waals surface area contributed by atoms with Crippen LogP contribution in [0, 0.1) is 0 Å². The smallest absolute Gasteiger partial charge is 0.322 e. The van der Waals surface area contributed by atoms with Crippen LogP contribution in [0.2, 0.25) is 9.36 Å². The van der Waals surface area contributed by atoms with Gasteiger partial charge < -0.3 is 5.11 Å². The van der Waals surface area contributed by atoms with Crippen LogP contribution in [-0.4, -0.2) is 75.5 Å². The molecule has 198 valence electrons. The molecule has 3 aromatic rings. The summed E-state index contributed by atoms with van der Waals surface area (Å²) in [4.78, 5) is 31.3. The van der Waals surface area contributed by atoms with Crippen LogP contribution < -0.4 is 0 Å². The van der Waals surface area contributed by atoms with E-state index in [2.05, 4.69) is 10.1 Å². The normalized spacial score (nSPS) is 18.8. The highest BCUT2D eigenvalue weighted by atomic mass is 35.5. The summed E-state index contributed by atoms with van der Waals surface area (Å²) in [5.41, 5.74) is 0.205. The van der Waals surface area contributed by atoms with E-state index in [9.17, 15) is 23.1 Å². The van der Waals surface area contributed by atoms with Crippen molar-refractivity contribution < 1.29 is 23.1 Å². The molecule has 1 aromatic carbocycles. The molecule has 2 atom stereocenters. The molecule has 1 N–H and O–H groups in total. The van der Waals surface area contributed by atoms with Crippen LogP contribution >= 0.6 is 46.3 Å². The molecule has 4 rings (SSSR count). The number of thioether (sulfide) groups is 1. The van der Waals surface area contributed by atoms with Crippen molar-refractivity contribution in [2.75, 3.05) is 20.6 Å². The lowest BCUT2D eigenvalue weighted by Gasteiger charge is -2.37. The number of piperidine rings is 1. The first-order chi connectivity index (χ1) is 17.5. The third-order valence-electron chi connectivity index (χ3n) is 5.79. The van der Waals surface area contributed by atoms with Crippen molar-refractivity contribution in [2.45, 2.75) is 35.7 Å². The first-order valence-electron chi connectivity index (χ1n) is 11.1. The molecule has 0 amide bonds. The highest BCUT2D eigenvalue weighted by molar-refractivity contribution is 7.98. The number of carboxylic acids is 1. The predicted molar refractivity (Wildman–Crippen MR) is 143 cm³/mol. The molecule has 15 heteroatoms. The molecule has 0 spiro atoms. The minimum Gasteiger partial charge on any atom is -0.480 e. The van der Waals surface area contributed by atoms with Crippen LogP contribution in [0.4, 0.5) is 0 Å². The summed E-state index contributed by atoms with van der Waals surface area (Å²) in [5.74, 6) is -2.18. The van der Waals surface area contributed by atoms with Gasteiger partial charge in [0, 0.05) is 37.2 Å². The zero-order chi connectivity index (χ0) is 26.9. The van der Waals surface area contributed by atoms with Gasteiger partial charge in [0.1, 0.15) is 6.04 Å². The second-order valence-electron chi connectivity index (χ2n) is 8.38.